The van der Waals surface area contributed by atoms with Gasteiger partial charge in [0.25, 0.3) is 0 Å². The van der Waals surface area contributed by atoms with E-state index in [1.165, 1.54) is 0 Å². The maximum absolute atomic E-state index is 11.6. The third-order valence-electron chi connectivity index (χ3n) is 3.24. The maximum atomic E-state index is 11.6. The first-order valence-corrected chi connectivity index (χ1v) is 7.62. The summed E-state index contributed by atoms with van der Waals surface area (Å²) in [6.07, 6.45) is 3.05. The van der Waals surface area contributed by atoms with Crippen molar-refractivity contribution in [3.8, 4) is 0 Å². The van der Waals surface area contributed by atoms with Gasteiger partial charge in [-0.2, -0.15) is 5.10 Å². The van der Waals surface area contributed by atoms with Crippen molar-refractivity contribution < 1.29 is 14.7 Å². The maximum Gasteiger partial charge on any atom is 0.305 e. The molecule has 0 bridgehead atoms. The van der Waals surface area contributed by atoms with Crippen molar-refractivity contribution in [2.75, 3.05) is 0 Å². The average Bonchev–Trinajstić information content (AvgIpc) is 3.02. The highest BCUT2D eigenvalue weighted by Gasteiger charge is 2.32. The summed E-state index contributed by atoms with van der Waals surface area (Å²) in [6, 6.07) is 5.71. The second-order valence-corrected chi connectivity index (χ2v) is 6.14. The first kappa shape index (κ1) is 15.2. The Morgan fingerprint density at radius 3 is 3.17 bits per heavy atom. The molecule has 1 aliphatic heterocycles. The monoisotopic (exact) mass is 331 g/mol. The molecule has 0 spiro atoms. The number of nitrogens with one attached hydrogen (secondary N) is 1. The minimum atomic E-state index is -1.02. The van der Waals surface area contributed by atoms with Gasteiger partial charge in [0.2, 0.25) is 5.91 Å². The number of benzene rings is 1. The van der Waals surface area contributed by atoms with Crippen molar-refractivity contribution in [2.24, 2.45) is 17.3 Å². The largest absolute Gasteiger partial charge is 0.481 e. The molecule has 1 fully saturated rings. The number of amides is 1. The van der Waals surface area contributed by atoms with E-state index in [1.807, 2.05) is 29.8 Å². The van der Waals surface area contributed by atoms with Crippen molar-refractivity contribution in [1.29, 1.82) is 0 Å². The lowest BCUT2D eigenvalue weighted by molar-refractivity contribution is -0.138. The molecule has 0 saturated carbocycles. The van der Waals surface area contributed by atoms with Gasteiger partial charge in [0.1, 0.15) is 5.25 Å². The summed E-state index contributed by atoms with van der Waals surface area (Å²) in [6.45, 7) is 0. The summed E-state index contributed by atoms with van der Waals surface area (Å²) >= 11 is 1.07. The lowest BCUT2D eigenvalue weighted by Crippen LogP contribution is -2.26. The van der Waals surface area contributed by atoms with E-state index in [9.17, 15) is 9.59 Å². The van der Waals surface area contributed by atoms with Crippen LogP contribution in [0.4, 0.5) is 0 Å². The number of imidazole rings is 1. The Morgan fingerprint density at radius 1 is 1.57 bits per heavy atom. The predicted molar refractivity (Wildman–Crippen MR) is 87.5 cm³/mol. The molecule has 0 aliphatic carbocycles. The molecule has 2 aromatic rings. The minimum Gasteiger partial charge on any atom is -0.481 e. The van der Waals surface area contributed by atoms with Gasteiger partial charge in [-0.15, -0.1) is 5.10 Å². The summed E-state index contributed by atoms with van der Waals surface area (Å²) in [5.74, 6) is -1.38. The average molecular weight is 331 g/mol. The molecular weight excluding hydrogens is 318 g/mol. The SMILES string of the molecule is Cn1cnc2cc(C=NN=C3NC(=O)C(CC(=O)O)S3)ccc21. The van der Waals surface area contributed by atoms with Crippen LogP contribution < -0.4 is 5.32 Å². The molecule has 1 aliphatic rings. The Balaban J connectivity index is 1.70. The highest BCUT2D eigenvalue weighted by Crippen LogP contribution is 2.22. The molecule has 8 nitrogen and oxygen atoms in total. The minimum absolute atomic E-state index is 0.240. The van der Waals surface area contributed by atoms with Crippen LogP contribution >= 0.6 is 11.8 Å². The van der Waals surface area contributed by atoms with Crippen molar-refractivity contribution in [3.63, 3.8) is 0 Å². The van der Waals surface area contributed by atoms with Gasteiger partial charge >= 0.3 is 5.97 Å². The van der Waals surface area contributed by atoms with Crippen LogP contribution in [0.15, 0.2) is 34.7 Å². The van der Waals surface area contributed by atoms with Crippen LogP contribution in [-0.4, -0.2) is 43.2 Å². The van der Waals surface area contributed by atoms with E-state index in [1.54, 1.807) is 12.5 Å². The molecule has 1 amide bonds. The molecule has 9 heteroatoms. The van der Waals surface area contributed by atoms with Crippen molar-refractivity contribution in [2.45, 2.75) is 11.7 Å². The number of carboxylic acid groups (broad SMARTS) is 1. The number of amidine groups is 1. The van der Waals surface area contributed by atoms with Gasteiger partial charge in [-0.05, 0) is 17.7 Å². The molecule has 1 atom stereocenters. The second kappa shape index (κ2) is 6.21. The summed E-state index contributed by atoms with van der Waals surface area (Å²) in [4.78, 5) is 26.5. The van der Waals surface area contributed by atoms with Gasteiger partial charge in [0.05, 0.1) is 30.0 Å². The first-order chi connectivity index (χ1) is 11.0. The van der Waals surface area contributed by atoms with E-state index in [4.69, 9.17) is 5.11 Å². The van der Waals surface area contributed by atoms with Crippen LogP contribution in [0, 0.1) is 0 Å². The van der Waals surface area contributed by atoms with Crippen molar-refractivity contribution in [1.82, 2.24) is 14.9 Å². The normalized spacial score (nSPS) is 19.8. The van der Waals surface area contributed by atoms with Crippen LogP contribution in [0.2, 0.25) is 0 Å². The smallest absolute Gasteiger partial charge is 0.305 e. The summed E-state index contributed by atoms with van der Waals surface area (Å²) in [7, 11) is 1.92. The van der Waals surface area contributed by atoms with Crippen LogP contribution in [0.25, 0.3) is 11.0 Å². The van der Waals surface area contributed by atoms with Gasteiger partial charge < -0.3 is 15.0 Å². The fourth-order valence-electron chi connectivity index (χ4n) is 2.13. The van der Waals surface area contributed by atoms with Crippen LogP contribution in [0.3, 0.4) is 0 Å². The fraction of sp³-hybridized carbons (Fsp3) is 0.214. The molecule has 1 aromatic carbocycles. The number of thioether (sulfide) groups is 1. The van der Waals surface area contributed by atoms with E-state index in [0.717, 1.165) is 28.4 Å². The van der Waals surface area contributed by atoms with E-state index in [0.29, 0.717) is 5.17 Å². The van der Waals surface area contributed by atoms with Crippen molar-refractivity contribution in [3.05, 3.63) is 30.1 Å². The zero-order valence-corrected chi connectivity index (χ0v) is 12.9. The number of hydrogen-bond acceptors (Lipinski definition) is 6. The Kier molecular flexibility index (Phi) is 4.11. The van der Waals surface area contributed by atoms with Gasteiger partial charge in [-0.3, -0.25) is 9.59 Å². The summed E-state index contributed by atoms with van der Waals surface area (Å²) in [5.41, 5.74) is 2.70. The third-order valence-corrected chi connectivity index (χ3v) is 4.31. The van der Waals surface area contributed by atoms with Crippen molar-refractivity contribution >= 4 is 46.1 Å². The lowest BCUT2D eigenvalue weighted by atomic mass is 10.2. The zero-order valence-electron chi connectivity index (χ0n) is 12.1. The van der Waals surface area contributed by atoms with Crippen LogP contribution in [0.1, 0.15) is 12.0 Å². The van der Waals surface area contributed by atoms with E-state index >= 15 is 0 Å². The Bertz CT molecular complexity index is 842. The predicted octanol–water partition coefficient (Wildman–Crippen LogP) is 0.969. The number of rotatable bonds is 4. The zero-order chi connectivity index (χ0) is 16.4. The molecule has 2 heterocycles. The van der Waals surface area contributed by atoms with E-state index in [-0.39, 0.29) is 12.3 Å². The Hall–Kier alpha value is -2.68. The molecule has 1 saturated heterocycles. The molecule has 1 aromatic heterocycles. The first-order valence-electron chi connectivity index (χ1n) is 6.74. The molecular formula is C14H13N5O3S. The number of aromatic nitrogens is 2. The highest BCUT2D eigenvalue weighted by molar-refractivity contribution is 8.15. The Labute approximate surface area is 135 Å². The molecule has 118 valence electrons. The second-order valence-electron chi connectivity index (χ2n) is 4.95. The molecule has 0 radical (unpaired) electrons. The summed E-state index contributed by atoms with van der Waals surface area (Å²) in [5, 5.41) is 18.7. The van der Waals surface area contributed by atoms with Crippen LogP contribution in [0.5, 0.6) is 0 Å². The van der Waals surface area contributed by atoms with E-state index in [2.05, 4.69) is 20.5 Å². The fourth-order valence-corrected chi connectivity index (χ4v) is 3.04. The summed E-state index contributed by atoms with van der Waals surface area (Å²) < 4.78 is 1.92. The van der Waals surface area contributed by atoms with Crippen LogP contribution in [-0.2, 0) is 16.6 Å². The molecule has 23 heavy (non-hydrogen) atoms. The van der Waals surface area contributed by atoms with Gasteiger partial charge in [-0.1, -0.05) is 17.8 Å². The number of fused-ring (bicyclic) bond motifs is 1. The van der Waals surface area contributed by atoms with Gasteiger partial charge in [-0.25, -0.2) is 4.98 Å². The Morgan fingerprint density at radius 2 is 2.39 bits per heavy atom. The molecule has 2 N–H and O–H groups in total. The number of carboxylic acids is 1. The lowest BCUT2D eigenvalue weighted by Gasteiger charge is -1.97. The number of aryl methyl sites for hydroxylation is 1. The molecule has 1 unspecified atom stereocenters. The third kappa shape index (κ3) is 3.39. The number of carbonyl (C=O) groups is 2. The highest BCUT2D eigenvalue weighted by atomic mass is 32.2. The number of nitrogens with zero attached hydrogens (tertiary/aromatic N) is 4. The standard InChI is InChI=1S/C14H13N5O3S/c1-19-7-15-9-4-8(2-3-10(9)19)6-16-18-14-17-13(22)11(23-14)5-12(20)21/h2-4,6-7,11H,5H2,1H3,(H,20,21)(H,17,18,22). The number of hydrogen-bond donors (Lipinski definition) is 2. The van der Waals surface area contributed by atoms with E-state index < -0.39 is 11.2 Å². The number of carbonyl (C=O) groups excluding carboxylic acids is 1. The number of aliphatic carboxylic acids is 1. The van der Waals surface area contributed by atoms with Gasteiger partial charge in [0, 0.05) is 7.05 Å². The molecule has 3 rings (SSSR count). The topological polar surface area (TPSA) is 109 Å². The quantitative estimate of drug-likeness (QED) is 0.641. The van der Waals surface area contributed by atoms with Gasteiger partial charge in [0.15, 0.2) is 5.17 Å².